The molecule has 0 heterocycles. The average molecular weight is 1400 g/mol. The standard InChI is InChI=1S/C52H72N2O8.C29H55N3O6.H2/c1-52(2,3)62-50(58)33-20-15-13-11-9-7-5-4-6-8-10-12-14-19-32-48(56)54-46(51(59)61-38-40-26-17-16-18-27-40)35-36-47(55)53-37-25-34-49(57)60-39-45-43-30-23-21-28-41(43)42-29-22-24-31-44(42)45;1-29(2,3)38-27(35)19-17-15-13-11-9-7-5-4-6-8-10-12-14-16-18-26(34)32-24(28(36)37)20-21-25(33)31-23-22-30;/h16-18,21-24,26-31,45-46H,4-15,19-20,25,32-39H2,1-3H3,(H,53,55)(H,54,56);24H,4-23,30H2,1-3H3,(H,31,33)(H,32,34)(H,36,37);1H/t46-;24-;/m00./s1. The van der Waals surface area contributed by atoms with E-state index in [1.54, 1.807) is 0 Å². The van der Waals surface area contributed by atoms with Gasteiger partial charge in [0.25, 0.3) is 0 Å². The first-order valence-corrected chi connectivity index (χ1v) is 38.1. The molecule has 0 radical (unpaired) electrons. The van der Waals surface area contributed by atoms with E-state index in [0.29, 0.717) is 51.7 Å². The Kier molecular flexibility index (Phi) is 46.0. The highest BCUT2D eigenvalue weighted by Gasteiger charge is 2.30. The Labute approximate surface area is 600 Å². The van der Waals surface area contributed by atoms with Crippen molar-refractivity contribution >= 4 is 53.5 Å². The monoisotopic (exact) mass is 1400 g/mol. The van der Waals surface area contributed by atoms with Crippen molar-refractivity contribution in [3.63, 3.8) is 0 Å². The number of fused-ring (bicyclic) bond motifs is 3. The summed E-state index contributed by atoms with van der Waals surface area (Å²) in [5.74, 6) is -3.23. The first kappa shape index (κ1) is 87.1. The van der Waals surface area contributed by atoms with Crippen molar-refractivity contribution in [1.29, 1.82) is 0 Å². The van der Waals surface area contributed by atoms with Gasteiger partial charge in [-0.1, -0.05) is 233 Å². The highest BCUT2D eigenvalue weighted by atomic mass is 16.6. The summed E-state index contributed by atoms with van der Waals surface area (Å²) < 4.78 is 21.9. The van der Waals surface area contributed by atoms with Gasteiger partial charge in [0.1, 0.15) is 36.5 Å². The van der Waals surface area contributed by atoms with Crippen LogP contribution in [0.15, 0.2) is 78.9 Å². The van der Waals surface area contributed by atoms with Crippen molar-refractivity contribution in [2.75, 3.05) is 26.2 Å². The van der Waals surface area contributed by atoms with E-state index in [4.69, 9.17) is 24.7 Å². The molecule has 100 heavy (non-hydrogen) atoms. The topological polar surface area (TPSA) is 285 Å². The van der Waals surface area contributed by atoms with Gasteiger partial charge in [0.2, 0.25) is 23.6 Å². The number of amides is 4. The fourth-order valence-corrected chi connectivity index (χ4v) is 12.1. The largest absolute Gasteiger partial charge is 0.480 e. The van der Waals surface area contributed by atoms with Crippen LogP contribution in [0.1, 0.15) is 310 Å². The summed E-state index contributed by atoms with van der Waals surface area (Å²) in [7, 11) is 0. The molecule has 0 bridgehead atoms. The van der Waals surface area contributed by atoms with Gasteiger partial charge in [-0.3, -0.25) is 33.6 Å². The summed E-state index contributed by atoms with van der Waals surface area (Å²) >= 11 is 0. The predicted octanol–water partition coefficient (Wildman–Crippen LogP) is 16.1. The summed E-state index contributed by atoms with van der Waals surface area (Å²) in [5.41, 5.74) is 10.0. The van der Waals surface area contributed by atoms with E-state index >= 15 is 0 Å². The molecule has 19 heteroatoms. The van der Waals surface area contributed by atoms with Crippen LogP contribution in [0, 0.1) is 0 Å². The number of ether oxygens (including phenoxy) is 4. The molecule has 1 aliphatic carbocycles. The summed E-state index contributed by atoms with van der Waals surface area (Å²) in [4.78, 5) is 110. The lowest BCUT2D eigenvalue weighted by Gasteiger charge is -2.19. The second kappa shape index (κ2) is 52.8. The summed E-state index contributed by atoms with van der Waals surface area (Å²) in [5, 5.41) is 20.1. The van der Waals surface area contributed by atoms with Crippen LogP contribution in [0.25, 0.3) is 11.1 Å². The number of esters is 4. The van der Waals surface area contributed by atoms with Crippen LogP contribution < -0.4 is 27.0 Å². The number of aliphatic carboxylic acids is 1. The zero-order chi connectivity index (χ0) is 73.1. The SMILES string of the molecule is CC(C)(C)OC(=O)CCCCCCCCCCCCCCCCC(=O)N[C@@H](CCC(=O)NCCCC(=O)OCC1c2ccccc2-c2ccccc21)C(=O)OCc1ccccc1.CC(C)(C)OC(=O)CCCCCCCCCCCCCCCCC(=O)N[C@@H](CCC(=O)NCCN)C(=O)O.[HH]. The highest BCUT2D eigenvalue weighted by molar-refractivity contribution is 5.86. The molecule has 0 unspecified atom stereocenters. The molecule has 4 amide bonds. The van der Waals surface area contributed by atoms with E-state index in [1.807, 2.05) is 96.1 Å². The normalized spacial score (nSPS) is 12.3. The van der Waals surface area contributed by atoms with E-state index in [0.717, 1.165) is 93.7 Å². The fourth-order valence-electron chi connectivity index (χ4n) is 12.1. The third-order valence-electron chi connectivity index (χ3n) is 17.4. The molecule has 7 N–H and O–H groups in total. The quantitative estimate of drug-likeness (QED) is 0.0174. The van der Waals surface area contributed by atoms with Gasteiger partial charge in [-0.05, 0) is 114 Å². The van der Waals surface area contributed by atoms with Crippen molar-refractivity contribution in [2.45, 2.75) is 321 Å². The highest BCUT2D eigenvalue weighted by Crippen LogP contribution is 2.44. The van der Waals surface area contributed by atoms with Gasteiger partial charge in [0, 0.05) is 71.9 Å². The smallest absolute Gasteiger partial charge is 0.328 e. The lowest BCUT2D eigenvalue weighted by atomic mass is 9.98. The minimum atomic E-state index is -1.12. The van der Waals surface area contributed by atoms with Crippen molar-refractivity contribution in [3.05, 3.63) is 95.6 Å². The van der Waals surface area contributed by atoms with Crippen molar-refractivity contribution in [3.8, 4) is 11.1 Å². The lowest BCUT2D eigenvalue weighted by Crippen LogP contribution is -2.42. The van der Waals surface area contributed by atoms with Crippen molar-refractivity contribution in [1.82, 2.24) is 21.3 Å². The Hall–Kier alpha value is -7.15. The number of unbranched alkanes of at least 4 members (excludes halogenated alkanes) is 26. The number of nitrogens with one attached hydrogen (secondary N) is 4. The Bertz CT molecular complexity index is 2780. The molecule has 0 spiro atoms. The molecule has 0 aromatic heterocycles. The Morgan fingerprint density at radius 3 is 1.16 bits per heavy atom. The summed E-state index contributed by atoms with van der Waals surface area (Å²) in [6.45, 7) is 12.7. The van der Waals surface area contributed by atoms with Crippen LogP contribution in [0.4, 0.5) is 0 Å². The van der Waals surface area contributed by atoms with Crippen LogP contribution in [-0.4, -0.2) is 108 Å². The molecule has 0 fully saturated rings. The minimum Gasteiger partial charge on any atom is -0.480 e. The van der Waals surface area contributed by atoms with Crippen LogP contribution in [-0.2, 0) is 68.7 Å². The van der Waals surface area contributed by atoms with Crippen LogP contribution in [0.3, 0.4) is 0 Å². The summed E-state index contributed by atoms with van der Waals surface area (Å²) in [6.07, 6.45) is 34.1. The number of hydrogen-bond acceptors (Lipinski definition) is 14. The van der Waals surface area contributed by atoms with Gasteiger partial charge >= 0.3 is 29.8 Å². The Morgan fingerprint density at radius 1 is 0.410 bits per heavy atom. The van der Waals surface area contributed by atoms with Gasteiger partial charge < -0.3 is 51.1 Å². The third-order valence-corrected chi connectivity index (χ3v) is 17.4. The second-order valence-electron chi connectivity index (χ2n) is 28.8. The second-order valence-corrected chi connectivity index (χ2v) is 28.8. The Balaban J connectivity index is 0.000000766. The fraction of sp³-hybridized carbons (Fsp3) is 0.667. The van der Waals surface area contributed by atoms with E-state index in [-0.39, 0.29) is 94.2 Å². The lowest BCUT2D eigenvalue weighted by molar-refractivity contribution is -0.156. The van der Waals surface area contributed by atoms with E-state index in [9.17, 15) is 48.3 Å². The number of benzene rings is 3. The maximum absolute atomic E-state index is 13.1. The first-order chi connectivity index (χ1) is 48.0. The van der Waals surface area contributed by atoms with Gasteiger partial charge in [-0.2, -0.15) is 0 Å². The number of nitrogens with two attached hydrogens (primary N) is 1. The van der Waals surface area contributed by atoms with Crippen LogP contribution in [0.2, 0.25) is 0 Å². The molecule has 4 rings (SSSR count). The number of rotatable bonds is 54. The summed E-state index contributed by atoms with van der Waals surface area (Å²) in [6, 6.07) is 23.7. The zero-order valence-electron chi connectivity index (χ0n) is 62.0. The number of hydrogen-bond donors (Lipinski definition) is 6. The molecule has 19 nitrogen and oxygen atoms in total. The first-order valence-electron chi connectivity index (χ1n) is 38.1. The molecule has 0 saturated carbocycles. The van der Waals surface area contributed by atoms with Gasteiger partial charge in [0.15, 0.2) is 0 Å². The third kappa shape index (κ3) is 43.5. The van der Waals surface area contributed by atoms with Crippen molar-refractivity contribution in [2.24, 2.45) is 5.73 Å². The maximum atomic E-state index is 13.1. The number of carbonyl (C=O) groups excluding carboxylic acids is 8. The molecule has 562 valence electrons. The molecule has 3 aromatic rings. The molecule has 3 aromatic carbocycles. The zero-order valence-corrected chi connectivity index (χ0v) is 62.0. The number of carboxylic acids is 1. The van der Waals surface area contributed by atoms with Crippen LogP contribution in [0.5, 0.6) is 0 Å². The van der Waals surface area contributed by atoms with Crippen molar-refractivity contribution < 1.29 is 68.6 Å². The van der Waals surface area contributed by atoms with Gasteiger partial charge in [0.05, 0.1) is 0 Å². The molecule has 0 aliphatic heterocycles. The Morgan fingerprint density at radius 2 is 0.760 bits per heavy atom. The molecule has 1 aliphatic rings. The minimum absolute atomic E-state index is 0. The predicted molar refractivity (Wildman–Crippen MR) is 397 cm³/mol. The molecular formula is C81H129N5O14. The molecule has 0 saturated heterocycles. The maximum Gasteiger partial charge on any atom is 0.328 e. The van der Waals surface area contributed by atoms with E-state index in [1.165, 1.54) is 114 Å². The molecule has 2 atom stereocenters. The van der Waals surface area contributed by atoms with E-state index < -0.39 is 35.2 Å². The van der Waals surface area contributed by atoms with Gasteiger partial charge in [-0.25, -0.2) is 9.59 Å². The number of carboxylic acid groups (broad SMARTS) is 1. The van der Waals surface area contributed by atoms with Crippen LogP contribution >= 0.6 is 0 Å². The average Bonchev–Trinajstić information content (AvgIpc) is 1.62. The van der Waals surface area contributed by atoms with E-state index in [2.05, 4.69) is 45.5 Å². The van der Waals surface area contributed by atoms with Gasteiger partial charge in [-0.15, -0.1) is 0 Å². The number of carbonyl (C=O) groups is 9. The molecular weight excluding hydrogens is 1270 g/mol.